The first-order chi connectivity index (χ1) is 7.72. The molecule has 2 unspecified atom stereocenters. The van der Waals surface area contributed by atoms with E-state index in [1.165, 1.54) is 30.5 Å². The van der Waals surface area contributed by atoms with Gasteiger partial charge in [0.05, 0.1) is 6.20 Å². The van der Waals surface area contributed by atoms with E-state index < -0.39 is 0 Å². The van der Waals surface area contributed by atoms with Gasteiger partial charge in [-0.2, -0.15) is 5.10 Å². The Bertz CT molecular complexity index is 345. The number of nitrogens with one attached hydrogen (secondary N) is 1. The average Bonchev–Trinajstić information content (AvgIpc) is 2.86. The molecular formula is C12H22N4. The minimum atomic E-state index is 0.601. The molecule has 1 aromatic heterocycles. The predicted octanol–water partition coefficient (Wildman–Crippen LogP) is 0.946. The molecule has 0 bridgehead atoms. The predicted molar refractivity (Wildman–Crippen MR) is 65.0 cm³/mol. The second-order valence-corrected chi connectivity index (χ2v) is 4.79. The van der Waals surface area contributed by atoms with Crippen LogP contribution in [0.1, 0.15) is 30.5 Å². The van der Waals surface area contributed by atoms with Crippen LogP contribution in [-0.4, -0.2) is 22.4 Å². The zero-order valence-corrected chi connectivity index (χ0v) is 10.2. The van der Waals surface area contributed by atoms with Gasteiger partial charge in [0.15, 0.2) is 0 Å². The maximum Gasteiger partial charge on any atom is 0.0537 e. The van der Waals surface area contributed by atoms with E-state index in [1.807, 2.05) is 17.9 Å². The minimum absolute atomic E-state index is 0.601. The number of rotatable bonds is 4. The zero-order chi connectivity index (χ0) is 11.5. The standard InChI is InChI=1S/C12H22N4/c1-9-11(8-15-16(9)2)7-14-12-5-3-4-10(12)6-13/h8,10,12,14H,3-7,13H2,1-2H3. The van der Waals surface area contributed by atoms with Crippen molar-refractivity contribution in [3.8, 4) is 0 Å². The number of hydrogen-bond donors (Lipinski definition) is 2. The average molecular weight is 222 g/mol. The third-order valence-corrected chi connectivity index (χ3v) is 3.85. The second kappa shape index (κ2) is 4.97. The molecule has 1 aliphatic rings. The van der Waals surface area contributed by atoms with Crippen LogP contribution in [0.2, 0.25) is 0 Å². The van der Waals surface area contributed by atoms with E-state index in [-0.39, 0.29) is 0 Å². The van der Waals surface area contributed by atoms with Crippen molar-refractivity contribution >= 4 is 0 Å². The lowest BCUT2D eigenvalue weighted by Crippen LogP contribution is -2.35. The molecule has 2 atom stereocenters. The second-order valence-electron chi connectivity index (χ2n) is 4.79. The van der Waals surface area contributed by atoms with E-state index in [4.69, 9.17) is 5.73 Å². The van der Waals surface area contributed by atoms with E-state index in [0.717, 1.165) is 13.1 Å². The molecule has 1 heterocycles. The van der Waals surface area contributed by atoms with Gasteiger partial charge in [-0.1, -0.05) is 6.42 Å². The number of nitrogens with two attached hydrogens (primary N) is 1. The highest BCUT2D eigenvalue weighted by molar-refractivity contribution is 5.15. The molecule has 0 aromatic carbocycles. The molecule has 1 aliphatic carbocycles. The Morgan fingerprint density at radius 1 is 1.56 bits per heavy atom. The molecule has 0 amide bonds. The summed E-state index contributed by atoms with van der Waals surface area (Å²) in [6.45, 7) is 3.84. The van der Waals surface area contributed by atoms with Crippen molar-refractivity contribution in [2.24, 2.45) is 18.7 Å². The molecule has 90 valence electrons. The van der Waals surface area contributed by atoms with Crippen LogP contribution >= 0.6 is 0 Å². The minimum Gasteiger partial charge on any atom is -0.330 e. The summed E-state index contributed by atoms with van der Waals surface area (Å²) in [5.74, 6) is 0.664. The van der Waals surface area contributed by atoms with Gasteiger partial charge in [0, 0.05) is 30.9 Å². The van der Waals surface area contributed by atoms with Crippen LogP contribution in [0.4, 0.5) is 0 Å². The molecule has 4 heteroatoms. The van der Waals surface area contributed by atoms with Gasteiger partial charge in [0.2, 0.25) is 0 Å². The lowest BCUT2D eigenvalue weighted by molar-refractivity contribution is 0.406. The van der Waals surface area contributed by atoms with Gasteiger partial charge in [-0.3, -0.25) is 4.68 Å². The van der Waals surface area contributed by atoms with E-state index in [0.29, 0.717) is 12.0 Å². The van der Waals surface area contributed by atoms with Crippen molar-refractivity contribution in [1.29, 1.82) is 0 Å². The van der Waals surface area contributed by atoms with Gasteiger partial charge in [0.1, 0.15) is 0 Å². The van der Waals surface area contributed by atoms with Crippen molar-refractivity contribution in [2.45, 2.75) is 38.8 Å². The molecule has 1 aromatic rings. The maximum absolute atomic E-state index is 5.77. The van der Waals surface area contributed by atoms with Gasteiger partial charge < -0.3 is 11.1 Å². The summed E-state index contributed by atoms with van der Waals surface area (Å²) in [7, 11) is 1.98. The van der Waals surface area contributed by atoms with Crippen LogP contribution in [0.15, 0.2) is 6.20 Å². The van der Waals surface area contributed by atoms with Crippen molar-refractivity contribution in [3.63, 3.8) is 0 Å². The first kappa shape index (κ1) is 11.6. The molecule has 0 radical (unpaired) electrons. The van der Waals surface area contributed by atoms with Crippen molar-refractivity contribution in [1.82, 2.24) is 15.1 Å². The van der Waals surface area contributed by atoms with Gasteiger partial charge in [-0.25, -0.2) is 0 Å². The summed E-state index contributed by atoms with van der Waals surface area (Å²) in [5.41, 5.74) is 8.31. The summed E-state index contributed by atoms with van der Waals surface area (Å²) in [6, 6.07) is 0.601. The highest BCUT2D eigenvalue weighted by atomic mass is 15.3. The SMILES string of the molecule is Cc1c(CNC2CCCC2CN)cnn1C. The fraction of sp³-hybridized carbons (Fsp3) is 0.750. The van der Waals surface area contributed by atoms with E-state index >= 15 is 0 Å². The molecule has 0 aliphatic heterocycles. The number of hydrogen-bond acceptors (Lipinski definition) is 3. The molecule has 0 saturated heterocycles. The Morgan fingerprint density at radius 2 is 2.38 bits per heavy atom. The molecule has 16 heavy (non-hydrogen) atoms. The number of aryl methyl sites for hydroxylation is 1. The topological polar surface area (TPSA) is 55.9 Å². The van der Waals surface area contributed by atoms with Crippen molar-refractivity contribution in [2.75, 3.05) is 6.54 Å². The van der Waals surface area contributed by atoms with E-state index in [9.17, 15) is 0 Å². The lowest BCUT2D eigenvalue weighted by atomic mass is 10.0. The van der Waals surface area contributed by atoms with Gasteiger partial charge in [-0.15, -0.1) is 0 Å². The normalized spacial score (nSPS) is 25.2. The van der Waals surface area contributed by atoms with Crippen LogP contribution in [0.5, 0.6) is 0 Å². The summed E-state index contributed by atoms with van der Waals surface area (Å²) >= 11 is 0. The van der Waals surface area contributed by atoms with E-state index in [1.54, 1.807) is 0 Å². The summed E-state index contributed by atoms with van der Waals surface area (Å²) in [6.07, 6.45) is 5.81. The monoisotopic (exact) mass is 222 g/mol. The maximum atomic E-state index is 5.77. The molecular weight excluding hydrogens is 200 g/mol. The van der Waals surface area contributed by atoms with E-state index in [2.05, 4.69) is 17.3 Å². The molecule has 2 rings (SSSR count). The van der Waals surface area contributed by atoms with Crippen LogP contribution in [0, 0.1) is 12.8 Å². The summed E-state index contributed by atoms with van der Waals surface area (Å²) in [5, 5.41) is 7.87. The molecule has 0 spiro atoms. The molecule has 1 fully saturated rings. The van der Waals surface area contributed by atoms with Crippen LogP contribution in [0.25, 0.3) is 0 Å². The quantitative estimate of drug-likeness (QED) is 0.797. The number of nitrogens with zero attached hydrogens (tertiary/aromatic N) is 2. The first-order valence-electron chi connectivity index (χ1n) is 6.13. The summed E-state index contributed by atoms with van der Waals surface area (Å²) in [4.78, 5) is 0. The molecule has 3 N–H and O–H groups in total. The Morgan fingerprint density at radius 3 is 3.00 bits per heavy atom. The van der Waals surface area contributed by atoms with Crippen LogP contribution in [-0.2, 0) is 13.6 Å². The largest absolute Gasteiger partial charge is 0.330 e. The van der Waals surface area contributed by atoms with Gasteiger partial charge in [0.25, 0.3) is 0 Å². The van der Waals surface area contributed by atoms with Crippen LogP contribution < -0.4 is 11.1 Å². The molecule has 1 saturated carbocycles. The fourth-order valence-electron chi connectivity index (χ4n) is 2.55. The number of aromatic nitrogens is 2. The van der Waals surface area contributed by atoms with Crippen molar-refractivity contribution < 1.29 is 0 Å². The van der Waals surface area contributed by atoms with Gasteiger partial charge >= 0.3 is 0 Å². The first-order valence-corrected chi connectivity index (χ1v) is 6.13. The smallest absolute Gasteiger partial charge is 0.0537 e. The zero-order valence-electron chi connectivity index (χ0n) is 10.2. The summed E-state index contributed by atoms with van der Waals surface area (Å²) < 4.78 is 1.92. The Kier molecular flexibility index (Phi) is 3.61. The highest BCUT2D eigenvalue weighted by Crippen LogP contribution is 2.24. The van der Waals surface area contributed by atoms with Crippen LogP contribution in [0.3, 0.4) is 0 Å². The third-order valence-electron chi connectivity index (χ3n) is 3.85. The lowest BCUT2D eigenvalue weighted by Gasteiger charge is -2.19. The van der Waals surface area contributed by atoms with Crippen molar-refractivity contribution in [3.05, 3.63) is 17.5 Å². The van der Waals surface area contributed by atoms with Gasteiger partial charge in [-0.05, 0) is 32.2 Å². The molecule has 4 nitrogen and oxygen atoms in total. The Hall–Kier alpha value is -0.870. The highest BCUT2D eigenvalue weighted by Gasteiger charge is 2.25. The fourth-order valence-corrected chi connectivity index (χ4v) is 2.55. The Labute approximate surface area is 97.2 Å². The third kappa shape index (κ3) is 2.28. The Balaban J connectivity index is 1.89.